The summed E-state index contributed by atoms with van der Waals surface area (Å²) in [5, 5.41) is 3.49. The lowest BCUT2D eigenvalue weighted by atomic mass is 9.90. The van der Waals surface area contributed by atoms with Crippen LogP contribution in [0.1, 0.15) is 43.1 Å². The largest absolute Gasteiger partial charge is 0.340 e. The summed E-state index contributed by atoms with van der Waals surface area (Å²) < 4.78 is 1.81. The van der Waals surface area contributed by atoms with Crippen LogP contribution in [0.5, 0.6) is 0 Å². The lowest BCUT2D eigenvalue weighted by molar-refractivity contribution is 0.0679. The van der Waals surface area contributed by atoms with Crippen molar-refractivity contribution in [2.75, 3.05) is 13.6 Å². The highest BCUT2D eigenvalue weighted by Crippen LogP contribution is 2.23. The van der Waals surface area contributed by atoms with Crippen LogP contribution >= 0.6 is 0 Å². The van der Waals surface area contributed by atoms with Gasteiger partial charge in [0.2, 0.25) is 0 Å². The van der Waals surface area contributed by atoms with Gasteiger partial charge < -0.3 is 14.8 Å². The van der Waals surface area contributed by atoms with Crippen molar-refractivity contribution in [3.05, 3.63) is 18.2 Å². The van der Waals surface area contributed by atoms with Crippen molar-refractivity contribution in [3.63, 3.8) is 0 Å². The highest BCUT2D eigenvalue weighted by Gasteiger charge is 2.27. The zero-order valence-electron chi connectivity index (χ0n) is 12.1. The SMILES string of the molecule is CCNC1CCC(N(C)C(=O)c2cn(C)cn2)CC1. The maximum absolute atomic E-state index is 12.3. The maximum Gasteiger partial charge on any atom is 0.274 e. The van der Waals surface area contributed by atoms with E-state index in [1.165, 1.54) is 0 Å². The molecule has 1 heterocycles. The van der Waals surface area contributed by atoms with Crippen LogP contribution in [0.4, 0.5) is 0 Å². The summed E-state index contributed by atoms with van der Waals surface area (Å²) >= 11 is 0. The molecule has 0 radical (unpaired) electrons. The molecule has 5 heteroatoms. The number of rotatable bonds is 4. The Labute approximate surface area is 115 Å². The lowest BCUT2D eigenvalue weighted by Gasteiger charge is -2.34. The first kappa shape index (κ1) is 14.1. The fourth-order valence-electron chi connectivity index (χ4n) is 2.83. The molecule has 0 spiro atoms. The summed E-state index contributed by atoms with van der Waals surface area (Å²) in [4.78, 5) is 18.3. The van der Waals surface area contributed by atoms with Crippen molar-refractivity contribution in [2.45, 2.75) is 44.7 Å². The number of carbonyl (C=O) groups excluding carboxylic acids is 1. The molecule has 1 N–H and O–H groups in total. The molecule has 2 rings (SSSR count). The molecule has 0 atom stereocenters. The van der Waals surface area contributed by atoms with Gasteiger partial charge in [0.05, 0.1) is 6.33 Å². The quantitative estimate of drug-likeness (QED) is 0.894. The Morgan fingerprint density at radius 2 is 2.16 bits per heavy atom. The molecule has 1 aromatic heterocycles. The van der Waals surface area contributed by atoms with Crippen LogP contribution in [0, 0.1) is 0 Å². The molecule has 1 aliphatic rings. The van der Waals surface area contributed by atoms with Gasteiger partial charge in [0.1, 0.15) is 5.69 Å². The van der Waals surface area contributed by atoms with Crippen molar-refractivity contribution >= 4 is 5.91 Å². The van der Waals surface area contributed by atoms with Crippen LogP contribution in [0.3, 0.4) is 0 Å². The average molecular weight is 264 g/mol. The first-order valence-corrected chi connectivity index (χ1v) is 7.10. The van der Waals surface area contributed by atoms with Crippen LogP contribution in [-0.2, 0) is 7.05 Å². The van der Waals surface area contributed by atoms with Gasteiger partial charge in [0.15, 0.2) is 0 Å². The number of aryl methyl sites for hydroxylation is 1. The molecule has 1 aromatic rings. The number of nitrogens with one attached hydrogen (secondary N) is 1. The predicted molar refractivity (Wildman–Crippen MR) is 75.0 cm³/mol. The van der Waals surface area contributed by atoms with Crippen LogP contribution in [0.15, 0.2) is 12.5 Å². The smallest absolute Gasteiger partial charge is 0.274 e. The minimum absolute atomic E-state index is 0.0347. The Morgan fingerprint density at radius 3 is 2.68 bits per heavy atom. The Kier molecular flexibility index (Phi) is 4.58. The summed E-state index contributed by atoms with van der Waals surface area (Å²) in [5.74, 6) is 0.0347. The van der Waals surface area contributed by atoms with Crippen molar-refractivity contribution in [2.24, 2.45) is 7.05 Å². The third kappa shape index (κ3) is 3.35. The Balaban J connectivity index is 1.90. The molecule has 0 aliphatic heterocycles. The minimum atomic E-state index is 0.0347. The van der Waals surface area contributed by atoms with Gasteiger partial charge in [-0.2, -0.15) is 0 Å². The molecule has 106 valence electrons. The molecule has 1 saturated carbocycles. The van der Waals surface area contributed by atoms with E-state index in [1.807, 2.05) is 23.6 Å². The van der Waals surface area contributed by atoms with E-state index < -0.39 is 0 Å². The molecule has 19 heavy (non-hydrogen) atoms. The first-order chi connectivity index (χ1) is 9.11. The molecular formula is C14H24N4O. The molecule has 0 aromatic carbocycles. The second-order valence-electron chi connectivity index (χ2n) is 5.40. The third-order valence-electron chi connectivity index (χ3n) is 3.98. The monoisotopic (exact) mass is 264 g/mol. The molecule has 0 saturated heterocycles. The zero-order chi connectivity index (χ0) is 13.8. The van der Waals surface area contributed by atoms with E-state index in [0.717, 1.165) is 32.2 Å². The van der Waals surface area contributed by atoms with Crippen LogP contribution in [0.2, 0.25) is 0 Å². The van der Waals surface area contributed by atoms with Crippen molar-refractivity contribution < 1.29 is 4.79 Å². The molecule has 5 nitrogen and oxygen atoms in total. The van der Waals surface area contributed by atoms with Gasteiger partial charge in [-0.1, -0.05) is 6.92 Å². The second kappa shape index (κ2) is 6.19. The van der Waals surface area contributed by atoms with Crippen LogP contribution in [-0.4, -0.2) is 46.0 Å². The topological polar surface area (TPSA) is 50.2 Å². The number of amides is 1. The Morgan fingerprint density at radius 1 is 1.47 bits per heavy atom. The van der Waals surface area contributed by atoms with E-state index >= 15 is 0 Å². The minimum Gasteiger partial charge on any atom is -0.340 e. The Hall–Kier alpha value is -1.36. The van der Waals surface area contributed by atoms with E-state index in [2.05, 4.69) is 17.2 Å². The molecule has 0 bridgehead atoms. The van der Waals surface area contributed by atoms with Gasteiger partial charge in [0.25, 0.3) is 5.91 Å². The highest BCUT2D eigenvalue weighted by atomic mass is 16.2. The second-order valence-corrected chi connectivity index (χ2v) is 5.40. The van der Waals surface area contributed by atoms with Gasteiger partial charge in [-0.15, -0.1) is 0 Å². The number of hydrogen-bond donors (Lipinski definition) is 1. The van der Waals surface area contributed by atoms with Gasteiger partial charge in [0, 0.05) is 32.4 Å². The van der Waals surface area contributed by atoms with Crippen molar-refractivity contribution in [1.29, 1.82) is 0 Å². The van der Waals surface area contributed by atoms with E-state index in [-0.39, 0.29) is 5.91 Å². The molecule has 1 aliphatic carbocycles. The van der Waals surface area contributed by atoms with Crippen molar-refractivity contribution in [1.82, 2.24) is 19.8 Å². The first-order valence-electron chi connectivity index (χ1n) is 7.10. The predicted octanol–water partition coefficient (Wildman–Crippen LogP) is 1.41. The van der Waals surface area contributed by atoms with Crippen LogP contribution < -0.4 is 5.32 Å². The normalized spacial score (nSPS) is 23.3. The number of nitrogens with zero attached hydrogens (tertiary/aromatic N) is 3. The molecule has 0 unspecified atom stereocenters. The highest BCUT2D eigenvalue weighted by molar-refractivity contribution is 5.92. The van der Waals surface area contributed by atoms with Gasteiger partial charge in [-0.05, 0) is 32.2 Å². The summed E-state index contributed by atoms with van der Waals surface area (Å²) in [5.41, 5.74) is 0.541. The summed E-state index contributed by atoms with van der Waals surface area (Å²) in [6, 6.07) is 0.976. The third-order valence-corrected chi connectivity index (χ3v) is 3.98. The van der Waals surface area contributed by atoms with Crippen LogP contribution in [0.25, 0.3) is 0 Å². The summed E-state index contributed by atoms with van der Waals surface area (Å²) in [6.07, 6.45) is 7.91. The molecular weight excluding hydrogens is 240 g/mol. The molecule has 1 amide bonds. The average Bonchev–Trinajstić information content (AvgIpc) is 2.85. The van der Waals surface area contributed by atoms with Crippen molar-refractivity contribution in [3.8, 4) is 0 Å². The number of imidazole rings is 1. The van der Waals surface area contributed by atoms with E-state index in [1.54, 1.807) is 12.5 Å². The summed E-state index contributed by atoms with van der Waals surface area (Å²) in [7, 11) is 3.78. The van der Waals surface area contributed by atoms with Gasteiger partial charge in [-0.3, -0.25) is 4.79 Å². The number of aromatic nitrogens is 2. The zero-order valence-corrected chi connectivity index (χ0v) is 12.1. The fourth-order valence-corrected chi connectivity index (χ4v) is 2.83. The number of hydrogen-bond acceptors (Lipinski definition) is 3. The van der Waals surface area contributed by atoms with Gasteiger partial charge in [-0.25, -0.2) is 4.98 Å². The van der Waals surface area contributed by atoms with Gasteiger partial charge >= 0.3 is 0 Å². The van der Waals surface area contributed by atoms with E-state index in [0.29, 0.717) is 17.8 Å². The maximum atomic E-state index is 12.3. The van der Waals surface area contributed by atoms with E-state index in [4.69, 9.17) is 0 Å². The Bertz CT molecular complexity index is 421. The number of carbonyl (C=O) groups is 1. The fraction of sp³-hybridized carbons (Fsp3) is 0.714. The molecule has 1 fully saturated rings. The summed E-state index contributed by atoms with van der Waals surface area (Å²) in [6.45, 7) is 3.17. The standard InChI is InChI=1S/C14H24N4O/c1-4-15-11-5-7-12(8-6-11)18(3)14(19)13-9-17(2)10-16-13/h9-12,15H,4-8H2,1-3H3. The van der Waals surface area contributed by atoms with E-state index in [9.17, 15) is 4.79 Å². The lowest BCUT2D eigenvalue weighted by Crippen LogP contribution is -2.43.